The number of ether oxygens (including phenoxy) is 2. The van der Waals surface area contributed by atoms with Gasteiger partial charge in [0.25, 0.3) is 0 Å². The van der Waals surface area contributed by atoms with Gasteiger partial charge in [-0.05, 0) is 18.9 Å². The van der Waals surface area contributed by atoms with Crippen LogP contribution in [0.25, 0.3) is 0 Å². The van der Waals surface area contributed by atoms with Crippen molar-refractivity contribution in [2.24, 2.45) is 5.41 Å². The summed E-state index contributed by atoms with van der Waals surface area (Å²) in [5.74, 6) is 0.217. The monoisotopic (exact) mass is 363 g/mol. The Morgan fingerprint density at radius 2 is 2.15 bits per heavy atom. The minimum atomic E-state index is -0.462. The van der Waals surface area contributed by atoms with Crippen molar-refractivity contribution in [3.05, 3.63) is 33.3 Å². The maximum atomic E-state index is 11.0. The van der Waals surface area contributed by atoms with E-state index in [1.54, 1.807) is 0 Å². The average molecular weight is 365 g/mol. The quantitative estimate of drug-likeness (QED) is 0.453. The normalized spacial score (nSPS) is 17.7. The molecular weight excluding hydrogens is 350 g/mol. The molecule has 0 aromatic heterocycles. The molecule has 1 fully saturated rings. The molecule has 7 heteroatoms. The van der Waals surface area contributed by atoms with Gasteiger partial charge in [-0.1, -0.05) is 27.5 Å². The van der Waals surface area contributed by atoms with Crippen LogP contribution in [0.3, 0.4) is 0 Å². The first-order valence-electron chi connectivity index (χ1n) is 6.27. The number of alkyl halides is 1. The number of nitro benzene ring substituents is 1. The predicted octanol–water partition coefficient (Wildman–Crippen LogP) is 3.82. The summed E-state index contributed by atoms with van der Waals surface area (Å²) in [6.07, 6.45) is 1.74. The van der Waals surface area contributed by atoms with Gasteiger partial charge in [-0.2, -0.15) is 0 Å². The molecule has 1 aliphatic rings. The van der Waals surface area contributed by atoms with Gasteiger partial charge in [0.05, 0.1) is 11.5 Å². The number of nitrogens with zero attached hydrogens (tertiary/aromatic N) is 1. The van der Waals surface area contributed by atoms with Gasteiger partial charge in [0.15, 0.2) is 5.75 Å². The highest BCUT2D eigenvalue weighted by atomic mass is 79.9. The summed E-state index contributed by atoms with van der Waals surface area (Å²) in [6.45, 7) is 1.78. The van der Waals surface area contributed by atoms with E-state index in [1.165, 1.54) is 18.2 Å². The molecule has 0 bridgehead atoms. The van der Waals surface area contributed by atoms with E-state index < -0.39 is 4.92 Å². The number of hydrogen-bond donors (Lipinski definition) is 0. The van der Waals surface area contributed by atoms with Gasteiger partial charge in [0.1, 0.15) is 0 Å². The molecule has 1 aromatic carbocycles. The summed E-state index contributed by atoms with van der Waals surface area (Å²) in [5.41, 5.74) is -0.111. The second kappa shape index (κ2) is 6.74. The van der Waals surface area contributed by atoms with E-state index in [1.807, 2.05) is 0 Å². The summed E-state index contributed by atoms with van der Waals surface area (Å²) < 4.78 is 11.1. The molecule has 1 aliphatic heterocycles. The second-order valence-electron chi connectivity index (χ2n) is 4.90. The topological polar surface area (TPSA) is 61.6 Å². The molecule has 0 saturated carbocycles. The van der Waals surface area contributed by atoms with Crippen molar-refractivity contribution in [1.29, 1.82) is 0 Å². The summed E-state index contributed by atoms with van der Waals surface area (Å²) >= 11 is 9.39. The smallest absolute Gasteiger partial charge is 0.311 e. The zero-order chi connectivity index (χ0) is 14.6. The Bertz CT molecular complexity index is 491. The molecule has 0 unspecified atom stereocenters. The van der Waals surface area contributed by atoms with Crippen molar-refractivity contribution in [1.82, 2.24) is 0 Å². The fourth-order valence-corrected chi connectivity index (χ4v) is 2.99. The standard InChI is InChI=1S/C13H15BrClNO4/c14-8-13(3-5-19-6-4-13)9-20-12-7-10(15)1-2-11(12)16(17)18/h1-2,7H,3-6,8-9H2. The number of hydrogen-bond acceptors (Lipinski definition) is 4. The first kappa shape index (κ1) is 15.5. The van der Waals surface area contributed by atoms with Gasteiger partial charge in [0, 0.05) is 41.1 Å². The molecule has 0 spiro atoms. The van der Waals surface area contributed by atoms with E-state index in [0.29, 0.717) is 24.8 Å². The summed E-state index contributed by atoms with van der Waals surface area (Å²) in [5, 5.41) is 12.2. The maximum absolute atomic E-state index is 11.0. The molecule has 0 radical (unpaired) electrons. The Hall–Kier alpha value is -0.850. The van der Waals surface area contributed by atoms with E-state index in [-0.39, 0.29) is 16.9 Å². The highest BCUT2D eigenvalue weighted by molar-refractivity contribution is 9.09. The lowest BCUT2D eigenvalue weighted by molar-refractivity contribution is -0.386. The Kier molecular flexibility index (Phi) is 5.23. The number of halogens is 2. The van der Waals surface area contributed by atoms with Gasteiger partial charge in [-0.25, -0.2) is 0 Å². The summed E-state index contributed by atoms with van der Waals surface area (Å²) in [4.78, 5) is 10.5. The minimum Gasteiger partial charge on any atom is -0.486 e. The van der Waals surface area contributed by atoms with Gasteiger partial charge >= 0.3 is 5.69 Å². The van der Waals surface area contributed by atoms with Crippen LogP contribution in [0.2, 0.25) is 5.02 Å². The first-order valence-corrected chi connectivity index (χ1v) is 7.77. The van der Waals surface area contributed by atoms with Gasteiger partial charge in [-0.15, -0.1) is 0 Å². The minimum absolute atomic E-state index is 0.0472. The molecule has 5 nitrogen and oxygen atoms in total. The Morgan fingerprint density at radius 1 is 1.45 bits per heavy atom. The number of rotatable bonds is 5. The summed E-state index contributed by atoms with van der Waals surface area (Å²) in [7, 11) is 0. The molecule has 0 aliphatic carbocycles. The van der Waals surface area contributed by atoms with Crippen LogP contribution in [0.1, 0.15) is 12.8 Å². The third-order valence-corrected chi connectivity index (χ3v) is 4.91. The van der Waals surface area contributed by atoms with Crippen LogP contribution in [-0.2, 0) is 4.74 Å². The fourth-order valence-electron chi connectivity index (χ4n) is 2.11. The average Bonchev–Trinajstić information content (AvgIpc) is 2.46. The van der Waals surface area contributed by atoms with Gasteiger partial charge in [0.2, 0.25) is 0 Å². The fraction of sp³-hybridized carbons (Fsp3) is 0.538. The number of benzene rings is 1. The second-order valence-corrected chi connectivity index (χ2v) is 5.90. The van der Waals surface area contributed by atoms with E-state index in [2.05, 4.69) is 15.9 Å². The molecule has 2 rings (SSSR count). The lowest BCUT2D eigenvalue weighted by Gasteiger charge is -2.35. The van der Waals surface area contributed by atoms with E-state index in [4.69, 9.17) is 21.1 Å². The molecule has 1 heterocycles. The van der Waals surface area contributed by atoms with Crippen LogP contribution in [0, 0.1) is 15.5 Å². The van der Waals surface area contributed by atoms with Crippen molar-refractivity contribution >= 4 is 33.2 Å². The molecular formula is C13H15BrClNO4. The Morgan fingerprint density at radius 3 is 2.75 bits per heavy atom. The van der Waals surface area contributed by atoms with Crippen LogP contribution in [-0.4, -0.2) is 30.1 Å². The van der Waals surface area contributed by atoms with E-state index in [9.17, 15) is 10.1 Å². The molecule has 0 atom stereocenters. The molecule has 0 N–H and O–H groups in total. The van der Waals surface area contributed by atoms with Crippen molar-refractivity contribution in [3.8, 4) is 5.75 Å². The number of nitro groups is 1. The lowest BCUT2D eigenvalue weighted by Crippen LogP contribution is -2.36. The zero-order valence-electron chi connectivity index (χ0n) is 10.8. The highest BCUT2D eigenvalue weighted by Crippen LogP contribution is 2.36. The largest absolute Gasteiger partial charge is 0.486 e. The van der Waals surface area contributed by atoms with E-state index in [0.717, 1.165) is 18.2 Å². The van der Waals surface area contributed by atoms with Crippen LogP contribution in [0.4, 0.5) is 5.69 Å². The molecule has 1 saturated heterocycles. The predicted molar refractivity (Wildman–Crippen MR) is 79.9 cm³/mol. The van der Waals surface area contributed by atoms with Crippen LogP contribution < -0.4 is 4.74 Å². The van der Waals surface area contributed by atoms with Gasteiger partial charge in [-0.3, -0.25) is 10.1 Å². The van der Waals surface area contributed by atoms with Gasteiger partial charge < -0.3 is 9.47 Å². The molecule has 0 amide bonds. The maximum Gasteiger partial charge on any atom is 0.311 e. The molecule has 20 heavy (non-hydrogen) atoms. The third-order valence-electron chi connectivity index (χ3n) is 3.49. The van der Waals surface area contributed by atoms with Crippen LogP contribution in [0.15, 0.2) is 18.2 Å². The third kappa shape index (κ3) is 3.62. The van der Waals surface area contributed by atoms with Crippen molar-refractivity contribution < 1.29 is 14.4 Å². The SMILES string of the molecule is O=[N+]([O-])c1ccc(Cl)cc1OCC1(CBr)CCOCC1. The van der Waals surface area contributed by atoms with Crippen LogP contribution in [0.5, 0.6) is 5.75 Å². The molecule has 110 valence electrons. The molecule has 1 aromatic rings. The van der Waals surface area contributed by atoms with Crippen molar-refractivity contribution in [2.75, 3.05) is 25.2 Å². The lowest BCUT2D eigenvalue weighted by atomic mass is 9.83. The zero-order valence-corrected chi connectivity index (χ0v) is 13.2. The first-order chi connectivity index (χ1) is 9.56. The Balaban J connectivity index is 2.13. The van der Waals surface area contributed by atoms with Crippen molar-refractivity contribution in [2.45, 2.75) is 12.8 Å². The Labute approximate surface area is 130 Å². The van der Waals surface area contributed by atoms with Crippen molar-refractivity contribution in [3.63, 3.8) is 0 Å². The summed E-state index contributed by atoms with van der Waals surface area (Å²) in [6, 6.07) is 4.34. The van der Waals surface area contributed by atoms with E-state index >= 15 is 0 Å². The highest BCUT2D eigenvalue weighted by Gasteiger charge is 2.33. The van der Waals surface area contributed by atoms with Crippen LogP contribution >= 0.6 is 27.5 Å².